The number of rotatable bonds is 10. The molecule has 38 heavy (non-hydrogen) atoms. The number of hydrogen-bond acceptors (Lipinski definition) is 3. The van der Waals surface area contributed by atoms with E-state index in [9.17, 15) is 9.59 Å². The molecule has 7 heteroatoms. The fourth-order valence-electron chi connectivity index (χ4n) is 4.88. The summed E-state index contributed by atoms with van der Waals surface area (Å²) in [5, 5.41) is 3.84. The topological polar surface area (TPSA) is 58.6 Å². The highest BCUT2D eigenvalue weighted by Gasteiger charge is 2.32. The molecule has 1 aliphatic rings. The van der Waals surface area contributed by atoms with E-state index in [0.29, 0.717) is 28.2 Å². The molecule has 1 aliphatic carbocycles. The van der Waals surface area contributed by atoms with E-state index >= 15 is 0 Å². The van der Waals surface area contributed by atoms with Crippen LogP contribution in [0.15, 0.2) is 77.3 Å². The third kappa shape index (κ3) is 7.84. The molecule has 200 valence electrons. The minimum absolute atomic E-state index is 0.115. The number of amides is 2. The van der Waals surface area contributed by atoms with E-state index in [1.54, 1.807) is 23.1 Å². The van der Waals surface area contributed by atoms with Crippen LogP contribution in [-0.4, -0.2) is 35.4 Å². The summed E-state index contributed by atoms with van der Waals surface area (Å²) in [6.45, 7) is 2.13. The Bertz CT molecular complexity index is 1230. The highest BCUT2D eigenvalue weighted by atomic mass is 79.9. The molecule has 1 saturated carbocycles. The van der Waals surface area contributed by atoms with Gasteiger partial charge in [-0.3, -0.25) is 9.59 Å². The van der Waals surface area contributed by atoms with Crippen molar-refractivity contribution in [2.45, 2.75) is 64.1 Å². The predicted octanol–water partition coefficient (Wildman–Crippen LogP) is 6.88. The summed E-state index contributed by atoms with van der Waals surface area (Å²) in [6, 6.07) is 22.5. The van der Waals surface area contributed by atoms with Gasteiger partial charge in [-0.1, -0.05) is 85.5 Å². The van der Waals surface area contributed by atoms with Crippen LogP contribution in [0.2, 0.25) is 5.02 Å². The molecule has 0 heterocycles. The van der Waals surface area contributed by atoms with Crippen molar-refractivity contribution < 1.29 is 14.3 Å². The van der Waals surface area contributed by atoms with Crippen LogP contribution in [0.1, 0.15) is 48.8 Å². The van der Waals surface area contributed by atoms with Gasteiger partial charge < -0.3 is 15.0 Å². The first-order valence-electron chi connectivity index (χ1n) is 13.2. The van der Waals surface area contributed by atoms with E-state index in [1.165, 1.54) is 6.42 Å². The molecular formula is C31H34BrClN2O3. The van der Waals surface area contributed by atoms with E-state index in [4.69, 9.17) is 16.3 Å². The fourth-order valence-corrected chi connectivity index (χ4v) is 5.68. The molecule has 0 spiro atoms. The standard InChI is InChI=1S/C31H34BrClN2O3/c1-22-10-8-9-13-24(22)20-35(30(36)21-38-29-17-16-25(33)19-27(29)32)28(18-23-11-4-2-5-12-23)31(37)34-26-14-6-3-7-15-26/h2,4-5,8-13,16-17,19,26,28H,3,6-7,14-15,18,20-21H2,1H3,(H,34,37). The van der Waals surface area contributed by atoms with Gasteiger partial charge in [0.15, 0.2) is 6.61 Å². The third-order valence-corrected chi connectivity index (χ3v) is 7.92. The molecule has 0 radical (unpaired) electrons. The van der Waals surface area contributed by atoms with Gasteiger partial charge in [0, 0.05) is 24.0 Å². The third-order valence-electron chi connectivity index (χ3n) is 7.07. The van der Waals surface area contributed by atoms with Crippen LogP contribution < -0.4 is 10.1 Å². The average molecular weight is 598 g/mol. The van der Waals surface area contributed by atoms with E-state index in [2.05, 4.69) is 21.2 Å². The molecular weight excluding hydrogens is 564 g/mol. The lowest BCUT2D eigenvalue weighted by Crippen LogP contribution is -2.53. The van der Waals surface area contributed by atoms with Gasteiger partial charge in [0.25, 0.3) is 5.91 Å². The number of carbonyl (C=O) groups excluding carboxylic acids is 2. The number of aryl methyl sites for hydroxylation is 1. The molecule has 0 bridgehead atoms. The Kier molecular flexibility index (Phi) is 10.2. The van der Waals surface area contributed by atoms with Crippen LogP contribution in [0.3, 0.4) is 0 Å². The largest absolute Gasteiger partial charge is 0.483 e. The zero-order chi connectivity index (χ0) is 26.9. The zero-order valence-electron chi connectivity index (χ0n) is 21.7. The smallest absolute Gasteiger partial charge is 0.261 e. The Hall–Kier alpha value is -2.83. The summed E-state index contributed by atoms with van der Waals surface area (Å²) in [5.41, 5.74) is 3.06. The van der Waals surface area contributed by atoms with Crippen molar-refractivity contribution >= 4 is 39.3 Å². The molecule has 0 saturated heterocycles. The summed E-state index contributed by atoms with van der Waals surface area (Å²) in [4.78, 5) is 29.3. The van der Waals surface area contributed by atoms with Crippen molar-refractivity contribution in [2.75, 3.05) is 6.61 Å². The van der Waals surface area contributed by atoms with Crippen LogP contribution in [0.25, 0.3) is 0 Å². The van der Waals surface area contributed by atoms with Gasteiger partial charge in [-0.15, -0.1) is 0 Å². The lowest BCUT2D eigenvalue weighted by Gasteiger charge is -2.33. The fraction of sp³-hybridized carbons (Fsp3) is 0.355. The Balaban J connectivity index is 1.62. The Morgan fingerprint density at radius 3 is 2.45 bits per heavy atom. The highest BCUT2D eigenvalue weighted by Crippen LogP contribution is 2.28. The van der Waals surface area contributed by atoms with Crippen LogP contribution in [-0.2, 0) is 22.6 Å². The van der Waals surface area contributed by atoms with Crippen molar-refractivity contribution in [3.05, 3.63) is 99.0 Å². The molecule has 1 fully saturated rings. The summed E-state index contributed by atoms with van der Waals surface area (Å²) in [5.74, 6) is 0.148. The molecule has 3 aromatic rings. The summed E-state index contributed by atoms with van der Waals surface area (Å²) in [6.07, 6.45) is 5.80. The average Bonchev–Trinajstić information content (AvgIpc) is 2.92. The van der Waals surface area contributed by atoms with Crippen molar-refractivity contribution in [3.63, 3.8) is 0 Å². The minimum atomic E-state index is -0.677. The van der Waals surface area contributed by atoms with Crippen molar-refractivity contribution in [2.24, 2.45) is 0 Å². The number of halogens is 2. The van der Waals surface area contributed by atoms with Crippen LogP contribution >= 0.6 is 27.5 Å². The van der Waals surface area contributed by atoms with Gasteiger partial charge >= 0.3 is 0 Å². The Morgan fingerprint density at radius 2 is 1.74 bits per heavy atom. The van der Waals surface area contributed by atoms with E-state index in [1.807, 2.05) is 61.5 Å². The molecule has 2 amide bonds. The number of benzene rings is 3. The molecule has 1 N–H and O–H groups in total. The molecule has 0 aromatic heterocycles. The SMILES string of the molecule is Cc1ccccc1CN(C(=O)COc1ccc(Cl)cc1Br)C(Cc1ccccc1)C(=O)NC1CCCCC1. The zero-order valence-corrected chi connectivity index (χ0v) is 24.0. The number of carbonyl (C=O) groups is 2. The minimum Gasteiger partial charge on any atom is -0.483 e. The summed E-state index contributed by atoms with van der Waals surface area (Å²) >= 11 is 9.51. The van der Waals surface area contributed by atoms with Gasteiger partial charge in [-0.25, -0.2) is 0 Å². The molecule has 0 aliphatic heterocycles. The predicted molar refractivity (Wildman–Crippen MR) is 155 cm³/mol. The second kappa shape index (κ2) is 13.8. The second-order valence-electron chi connectivity index (χ2n) is 9.86. The molecule has 1 unspecified atom stereocenters. The lowest BCUT2D eigenvalue weighted by atomic mass is 9.94. The number of ether oxygens (including phenoxy) is 1. The van der Waals surface area contributed by atoms with Crippen LogP contribution in [0.4, 0.5) is 0 Å². The Morgan fingerprint density at radius 1 is 1.03 bits per heavy atom. The van der Waals surface area contributed by atoms with Crippen molar-refractivity contribution in [3.8, 4) is 5.75 Å². The van der Waals surface area contributed by atoms with E-state index in [-0.39, 0.29) is 24.5 Å². The number of hydrogen-bond donors (Lipinski definition) is 1. The molecule has 1 atom stereocenters. The van der Waals surface area contributed by atoms with E-state index < -0.39 is 6.04 Å². The first-order valence-corrected chi connectivity index (χ1v) is 14.3. The second-order valence-corrected chi connectivity index (χ2v) is 11.2. The lowest BCUT2D eigenvalue weighted by molar-refractivity contribution is -0.143. The van der Waals surface area contributed by atoms with Crippen molar-refractivity contribution in [1.82, 2.24) is 10.2 Å². The first kappa shape index (κ1) is 28.2. The van der Waals surface area contributed by atoms with Gasteiger partial charge in [0.2, 0.25) is 5.91 Å². The molecule has 5 nitrogen and oxygen atoms in total. The van der Waals surface area contributed by atoms with Gasteiger partial charge in [-0.05, 0) is 70.6 Å². The monoisotopic (exact) mass is 596 g/mol. The maximum absolute atomic E-state index is 13.8. The normalized spacial score (nSPS) is 14.5. The van der Waals surface area contributed by atoms with Gasteiger partial charge in [-0.2, -0.15) is 0 Å². The van der Waals surface area contributed by atoms with Crippen LogP contribution in [0.5, 0.6) is 5.75 Å². The maximum Gasteiger partial charge on any atom is 0.261 e. The molecule has 3 aromatic carbocycles. The van der Waals surface area contributed by atoms with E-state index in [0.717, 1.165) is 42.4 Å². The van der Waals surface area contributed by atoms with Crippen molar-refractivity contribution in [1.29, 1.82) is 0 Å². The first-order chi connectivity index (χ1) is 18.4. The van der Waals surface area contributed by atoms with Gasteiger partial charge in [0.05, 0.1) is 4.47 Å². The van der Waals surface area contributed by atoms with Gasteiger partial charge in [0.1, 0.15) is 11.8 Å². The van der Waals surface area contributed by atoms with Crippen LogP contribution in [0, 0.1) is 6.92 Å². The highest BCUT2D eigenvalue weighted by molar-refractivity contribution is 9.10. The quantitative estimate of drug-likeness (QED) is 0.277. The number of nitrogens with one attached hydrogen (secondary N) is 1. The Labute approximate surface area is 238 Å². The maximum atomic E-state index is 13.8. The molecule has 4 rings (SSSR count). The number of nitrogens with zero attached hydrogens (tertiary/aromatic N) is 1. The summed E-state index contributed by atoms with van der Waals surface area (Å²) in [7, 11) is 0. The summed E-state index contributed by atoms with van der Waals surface area (Å²) < 4.78 is 6.57.